The molecule has 1 aromatic heterocycles. The van der Waals surface area contributed by atoms with E-state index in [1.807, 2.05) is 17.7 Å². The molecule has 7 heteroatoms. The van der Waals surface area contributed by atoms with Crippen molar-refractivity contribution in [1.82, 2.24) is 14.7 Å². The minimum atomic E-state index is -4.67. The molecule has 0 spiro atoms. The summed E-state index contributed by atoms with van der Waals surface area (Å²) < 4.78 is 42.7. The van der Waals surface area contributed by atoms with Gasteiger partial charge in [0.2, 0.25) is 0 Å². The van der Waals surface area contributed by atoms with Gasteiger partial charge >= 0.3 is 6.36 Å². The fraction of sp³-hybridized carbons (Fsp3) is 0.500. The molecule has 0 N–H and O–H groups in total. The summed E-state index contributed by atoms with van der Waals surface area (Å²) in [6.45, 7) is 7.37. The van der Waals surface area contributed by atoms with E-state index in [1.165, 1.54) is 12.1 Å². The molecule has 0 radical (unpaired) electrons. The summed E-state index contributed by atoms with van der Waals surface area (Å²) in [5.74, 6) is -0.224. The summed E-state index contributed by atoms with van der Waals surface area (Å²) in [5, 5.41) is 4.69. The maximum absolute atomic E-state index is 12.2. The Kier molecular flexibility index (Phi) is 5.03. The summed E-state index contributed by atoms with van der Waals surface area (Å²) >= 11 is 0. The van der Waals surface area contributed by atoms with E-state index in [-0.39, 0.29) is 5.75 Å². The average Bonchev–Trinajstić information content (AvgIpc) is 3.13. The number of hydrogen-bond donors (Lipinski definition) is 0. The highest BCUT2D eigenvalue weighted by molar-refractivity contribution is 5.60. The number of hydrogen-bond acceptors (Lipinski definition) is 3. The van der Waals surface area contributed by atoms with Crippen molar-refractivity contribution < 1.29 is 17.9 Å². The summed E-state index contributed by atoms with van der Waals surface area (Å²) in [4.78, 5) is 2.44. The molecule has 1 fully saturated rings. The Bertz CT molecular complexity index is 709. The van der Waals surface area contributed by atoms with Crippen LogP contribution in [-0.2, 0) is 0 Å². The fourth-order valence-corrected chi connectivity index (χ4v) is 3.36. The molecule has 2 aromatic rings. The van der Waals surface area contributed by atoms with Gasteiger partial charge in [0.1, 0.15) is 5.75 Å². The van der Waals surface area contributed by atoms with Gasteiger partial charge in [-0.25, -0.2) is 0 Å². The van der Waals surface area contributed by atoms with Crippen LogP contribution in [0.15, 0.2) is 30.3 Å². The van der Waals surface area contributed by atoms with Gasteiger partial charge < -0.3 is 9.64 Å². The molecule has 0 amide bonds. The summed E-state index contributed by atoms with van der Waals surface area (Å²) in [5.41, 5.74) is 2.61. The number of aryl methyl sites for hydroxylation is 1. The molecule has 1 atom stereocenters. The molecule has 3 rings (SSSR count). The zero-order valence-corrected chi connectivity index (χ0v) is 14.4. The quantitative estimate of drug-likeness (QED) is 0.797. The third-order valence-electron chi connectivity index (χ3n) is 4.44. The number of rotatable bonds is 5. The Labute approximate surface area is 145 Å². The predicted molar refractivity (Wildman–Crippen MR) is 89.5 cm³/mol. The number of nitrogens with zero attached hydrogens (tertiary/aromatic N) is 3. The van der Waals surface area contributed by atoms with Crippen molar-refractivity contribution >= 4 is 0 Å². The first-order valence-corrected chi connectivity index (χ1v) is 8.50. The third-order valence-corrected chi connectivity index (χ3v) is 4.44. The van der Waals surface area contributed by atoms with Gasteiger partial charge in [-0.15, -0.1) is 13.2 Å². The van der Waals surface area contributed by atoms with Gasteiger partial charge in [0.05, 0.1) is 11.7 Å². The molecule has 1 unspecified atom stereocenters. The fourth-order valence-electron chi connectivity index (χ4n) is 3.36. The Morgan fingerprint density at radius 2 is 1.96 bits per heavy atom. The van der Waals surface area contributed by atoms with Gasteiger partial charge in [-0.2, -0.15) is 5.10 Å². The van der Waals surface area contributed by atoms with Gasteiger partial charge in [-0.1, -0.05) is 6.92 Å². The molecule has 0 bridgehead atoms. The van der Waals surface area contributed by atoms with Crippen molar-refractivity contribution in [3.8, 4) is 17.0 Å². The lowest BCUT2D eigenvalue weighted by atomic mass is 10.1. The Hall–Kier alpha value is -2.02. The largest absolute Gasteiger partial charge is 0.573 e. The number of benzene rings is 1. The van der Waals surface area contributed by atoms with Crippen LogP contribution in [0.1, 0.15) is 31.5 Å². The lowest BCUT2D eigenvalue weighted by Gasteiger charge is -2.16. The van der Waals surface area contributed by atoms with Crippen molar-refractivity contribution in [2.45, 2.75) is 39.1 Å². The van der Waals surface area contributed by atoms with E-state index in [1.54, 1.807) is 12.1 Å². The van der Waals surface area contributed by atoms with Crippen LogP contribution in [0.5, 0.6) is 5.75 Å². The standard InChI is InChI=1S/C18H22F3N3O/c1-3-9-23-10-8-15(12-23)24-13(2)11-17(22-24)14-4-6-16(7-5-14)25-18(19,20)21/h4-7,11,15H,3,8-10,12H2,1-2H3. The maximum atomic E-state index is 12.2. The second-order valence-electron chi connectivity index (χ2n) is 6.43. The molecular formula is C18H22F3N3O. The van der Waals surface area contributed by atoms with Crippen LogP contribution in [0.2, 0.25) is 0 Å². The molecule has 1 aromatic carbocycles. The molecule has 2 heterocycles. The van der Waals surface area contributed by atoms with E-state index in [2.05, 4.69) is 21.7 Å². The molecule has 1 aliphatic rings. The maximum Gasteiger partial charge on any atom is 0.573 e. The first-order valence-electron chi connectivity index (χ1n) is 8.50. The minimum Gasteiger partial charge on any atom is -0.406 e. The van der Waals surface area contributed by atoms with Crippen LogP contribution in [0.3, 0.4) is 0 Å². The smallest absolute Gasteiger partial charge is 0.406 e. The van der Waals surface area contributed by atoms with Gasteiger partial charge in [0, 0.05) is 24.3 Å². The van der Waals surface area contributed by atoms with E-state index in [0.717, 1.165) is 49.4 Å². The number of aromatic nitrogens is 2. The highest BCUT2D eigenvalue weighted by Gasteiger charge is 2.31. The molecule has 0 saturated carbocycles. The average molecular weight is 353 g/mol. The van der Waals surface area contributed by atoms with Crippen LogP contribution in [0.25, 0.3) is 11.3 Å². The van der Waals surface area contributed by atoms with Crippen molar-refractivity contribution in [3.05, 3.63) is 36.0 Å². The first-order chi connectivity index (χ1) is 11.9. The van der Waals surface area contributed by atoms with Gasteiger partial charge in [-0.05, 0) is 56.6 Å². The van der Waals surface area contributed by atoms with Gasteiger partial charge in [-0.3, -0.25) is 4.68 Å². The van der Waals surface area contributed by atoms with E-state index in [4.69, 9.17) is 0 Å². The van der Waals surface area contributed by atoms with Crippen LogP contribution < -0.4 is 4.74 Å². The van der Waals surface area contributed by atoms with Crippen LogP contribution in [0, 0.1) is 6.92 Å². The normalized spacial score (nSPS) is 18.7. The Morgan fingerprint density at radius 3 is 2.60 bits per heavy atom. The molecule has 1 aliphatic heterocycles. The zero-order chi connectivity index (χ0) is 18.0. The van der Waals surface area contributed by atoms with E-state index >= 15 is 0 Å². The van der Waals surface area contributed by atoms with E-state index < -0.39 is 6.36 Å². The molecular weight excluding hydrogens is 331 g/mol. The highest BCUT2D eigenvalue weighted by Crippen LogP contribution is 2.29. The molecule has 136 valence electrons. The number of ether oxygens (including phenoxy) is 1. The molecule has 4 nitrogen and oxygen atoms in total. The van der Waals surface area contributed by atoms with Crippen LogP contribution in [0.4, 0.5) is 13.2 Å². The topological polar surface area (TPSA) is 30.3 Å². The zero-order valence-electron chi connectivity index (χ0n) is 14.4. The monoisotopic (exact) mass is 353 g/mol. The molecule has 0 aliphatic carbocycles. The van der Waals surface area contributed by atoms with Gasteiger partial charge in [0.15, 0.2) is 0 Å². The minimum absolute atomic E-state index is 0.224. The first kappa shape index (κ1) is 17.8. The second kappa shape index (κ2) is 7.07. The SMILES string of the molecule is CCCN1CCC(n2nc(-c3ccc(OC(F)(F)F)cc3)cc2C)C1. The lowest BCUT2D eigenvalue weighted by molar-refractivity contribution is -0.274. The third kappa shape index (κ3) is 4.34. The molecule has 1 saturated heterocycles. The number of alkyl halides is 3. The van der Waals surface area contributed by atoms with Crippen molar-refractivity contribution in [1.29, 1.82) is 0 Å². The summed E-state index contributed by atoms with van der Waals surface area (Å²) in [7, 11) is 0. The Morgan fingerprint density at radius 1 is 1.24 bits per heavy atom. The predicted octanol–water partition coefficient (Wildman–Crippen LogP) is 4.41. The summed E-state index contributed by atoms with van der Waals surface area (Å²) in [6.07, 6.45) is -2.46. The molecule has 25 heavy (non-hydrogen) atoms. The number of halogens is 3. The second-order valence-corrected chi connectivity index (χ2v) is 6.43. The van der Waals surface area contributed by atoms with Crippen LogP contribution in [-0.4, -0.2) is 40.7 Å². The van der Waals surface area contributed by atoms with Crippen molar-refractivity contribution in [2.24, 2.45) is 0 Å². The highest BCUT2D eigenvalue weighted by atomic mass is 19.4. The van der Waals surface area contributed by atoms with E-state index in [0.29, 0.717) is 6.04 Å². The van der Waals surface area contributed by atoms with Crippen molar-refractivity contribution in [2.75, 3.05) is 19.6 Å². The summed E-state index contributed by atoms with van der Waals surface area (Å²) in [6, 6.07) is 8.16. The van der Waals surface area contributed by atoms with Crippen molar-refractivity contribution in [3.63, 3.8) is 0 Å². The lowest BCUT2D eigenvalue weighted by Crippen LogP contribution is -2.23. The van der Waals surface area contributed by atoms with E-state index in [9.17, 15) is 13.2 Å². The van der Waals surface area contributed by atoms with Crippen LogP contribution >= 0.6 is 0 Å². The number of likely N-dealkylation sites (tertiary alicyclic amines) is 1. The van der Waals surface area contributed by atoms with Gasteiger partial charge in [0.25, 0.3) is 0 Å². The Balaban J connectivity index is 1.74.